The summed E-state index contributed by atoms with van der Waals surface area (Å²) in [6, 6.07) is 13.8. The highest BCUT2D eigenvalue weighted by Crippen LogP contribution is 2.18. The molecule has 0 aliphatic heterocycles. The molecular weight excluding hydrogens is 276 g/mol. The van der Waals surface area contributed by atoms with E-state index >= 15 is 0 Å². The van der Waals surface area contributed by atoms with Crippen molar-refractivity contribution in [3.8, 4) is 0 Å². The zero-order valence-electron chi connectivity index (χ0n) is 13.1. The first-order valence-electron chi connectivity index (χ1n) is 7.91. The number of carbonyl (C=O) groups is 1. The van der Waals surface area contributed by atoms with Crippen LogP contribution in [0.25, 0.3) is 10.8 Å². The zero-order valence-corrected chi connectivity index (χ0v) is 13.1. The van der Waals surface area contributed by atoms with Crippen LogP contribution < -0.4 is 10.6 Å². The summed E-state index contributed by atoms with van der Waals surface area (Å²) in [5, 5.41) is 7.97. The Morgan fingerprint density at radius 3 is 2.64 bits per heavy atom. The van der Waals surface area contributed by atoms with Crippen molar-refractivity contribution in [2.24, 2.45) is 0 Å². The molecule has 0 bridgehead atoms. The Kier molecular flexibility index (Phi) is 6.71. The average molecular weight is 300 g/mol. The SMILES string of the molecule is CCCCOCCCNC(=O)Nc1ccc2ccccc2c1. The third-order valence-electron chi connectivity index (χ3n) is 3.40. The number of unbranched alkanes of at least 4 members (excludes halogenated alkanes) is 1. The number of ether oxygens (including phenoxy) is 1. The van der Waals surface area contributed by atoms with Gasteiger partial charge in [0.2, 0.25) is 0 Å². The molecule has 0 aromatic heterocycles. The van der Waals surface area contributed by atoms with Crippen molar-refractivity contribution in [3.05, 3.63) is 42.5 Å². The molecule has 0 saturated carbocycles. The minimum absolute atomic E-state index is 0.177. The van der Waals surface area contributed by atoms with Crippen LogP contribution in [0.5, 0.6) is 0 Å². The maximum atomic E-state index is 11.8. The zero-order chi connectivity index (χ0) is 15.6. The number of amides is 2. The van der Waals surface area contributed by atoms with Crippen LogP contribution in [-0.2, 0) is 4.74 Å². The lowest BCUT2D eigenvalue weighted by Gasteiger charge is -2.09. The molecule has 2 amide bonds. The molecule has 2 aromatic carbocycles. The Hall–Kier alpha value is -2.07. The molecule has 0 saturated heterocycles. The van der Waals surface area contributed by atoms with Crippen molar-refractivity contribution in [3.63, 3.8) is 0 Å². The molecule has 0 aliphatic rings. The monoisotopic (exact) mass is 300 g/mol. The van der Waals surface area contributed by atoms with Crippen LogP contribution in [-0.4, -0.2) is 25.8 Å². The van der Waals surface area contributed by atoms with E-state index in [1.807, 2.05) is 36.4 Å². The highest BCUT2D eigenvalue weighted by molar-refractivity contribution is 5.93. The molecule has 4 nitrogen and oxygen atoms in total. The predicted octanol–water partition coefficient (Wildman–Crippen LogP) is 4.17. The Morgan fingerprint density at radius 2 is 1.82 bits per heavy atom. The van der Waals surface area contributed by atoms with Crippen LogP contribution in [0, 0.1) is 0 Å². The summed E-state index contributed by atoms with van der Waals surface area (Å²) in [5.74, 6) is 0. The molecule has 2 aromatic rings. The summed E-state index contributed by atoms with van der Waals surface area (Å²) in [4.78, 5) is 11.8. The maximum Gasteiger partial charge on any atom is 0.319 e. The van der Waals surface area contributed by atoms with Gasteiger partial charge in [-0.15, -0.1) is 0 Å². The first-order chi connectivity index (χ1) is 10.8. The molecular formula is C18H24N2O2. The van der Waals surface area contributed by atoms with Crippen molar-refractivity contribution in [2.45, 2.75) is 26.2 Å². The maximum absolute atomic E-state index is 11.8. The predicted molar refractivity (Wildman–Crippen MR) is 91.3 cm³/mol. The number of nitrogens with one attached hydrogen (secondary N) is 2. The topological polar surface area (TPSA) is 50.4 Å². The molecule has 0 heterocycles. The highest BCUT2D eigenvalue weighted by Gasteiger charge is 2.02. The molecule has 0 radical (unpaired) electrons. The van der Waals surface area contributed by atoms with E-state index in [0.717, 1.165) is 42.3 Å². The van der Waals surface area contributed by atoms with Gasteiger partial charge in [-0.05, 0) is 35.7 Å². The van der Waals surface area contributed by atoms with E-state index in [-0.39, 0.29) is 6.03 Å². The molecule has 22 heavy (non-hydrogen) atoms. The second-order valence-corrected chi connectivity index (χ2v) is 5.26. The largest absolute Gasteiger partial charge is 0.381 e. The molecule has 4 heteroatoms. The lowest BCUT2D eigenvalue weighted by Crippen LogP contribution is -2.30. The van der Waals surface area contributed by atoms with E-state index < -0.39 is 0 Å². The molecule has 0 atom stereocenters. The lowest BCUT2D eigenvalue weighted by molar-refractivity contribution is 0.129. The third-order valence-corrected chi connectivity index (χ3v) is 3.40. The highest BCUT2D eigenvalue weighted by atomic mass is 16.5. The number of benzene rings is 2. The van der Waals surface area contributed by atoms with Crippen molar-refractivity contribution >= 4 is 22.5 Å². The first kappa shape index (κ1) is 16.3. The molecule has 0 fully saturated rings. The third kappa shape index (κ3) is 5.37. The Bertz CT molecular complexity index is 598. The van der Waals surface area contributed by atoms with Gasteiger partial charge in [0.25, 0.3) is 0 Å². The number of anilines is 1. The fourth-order valence-corrected chi connectivity index (χ4v) is 2.17. The number of fused-ring (bicyclic) bond motifs is 1. The fraction of sp³-hybridized carbons (Fsp3) is 0.389. The van der Waals surface area contributed by atoms with E-state index in [4.69, 9.17) is 4.74 Å². The number of urea groups is 1. The van der Waals surface area contributed by atoms with Crippen molar-refractivity contribution in [1.82, 2.24) is 5.32 Å². The van der Waals surface area contributed by atoms with Crippen molar-refractivity contribution in [2.75, 3.05) is 25.1 Å². The summed E-state index contributed by atoms with van der Waals surface area (Å²) in [6.45, 7) is 4.25. The van der Waals surface area contributed by atoms with E-state index in [1.54, 1.807) is 0 Å². The van der Waals surface area contributed by atoms with E-state index in [0.29, 0.717) is 13.2 Å². The van der Waals surface area contributed by atoms with Gasteiger partial charge in [0.1, 0.15) is 0 Å². The van der Waals surface area contributed by atoms with Gasteiger partial charge in [0.15, 0.2) is 0 Å². The van der Waals surface area contributed by atoms with Crippen LogP contribution in [0.2, 0.25) is 0 Å². The number of hydrogen-bond acceptors (Lipinski definition) is 2. The van der Waals surface area contributed by atoms with Gasteiger partial charge in [0.05, 0.1) is 0 Å². The summed E-state index contributed by atoms with van der Waals surface area (Å²) in [7, 11) is 0. The standard InChI is InChI=1S/C18H24N2O2/c1-2-3-12-22-13-6-11-19-18(21)20-17-10-9-15-7-4-5-8-16(15)14-17/h4-5,7-10,14H,2-3,6,11-13H2,1H3,(H2,19,20,21). The van der Waals surface area contributed by atoms with Crippen LogP contribution in [0.1, 0.15) is 26.2 Å². The van der Waals surface area contributed by atoms with E-state index in [2.05, 4.69) is 23.6 Å². The Labute approximate surface area is 131 Å². The molecule has 2 rings (SSSR count). The second-order valence-electron chi connectivity index (χ2n) is 5.26. The number of carbonyl (C=O) groups excluding carboxylic acids is 1. The average Bonchev–Trinajstić information content (AvgIpc) is 2.54. The molecule has 2 N–H and O–H groups in total. The molecule has 118 valence electrons. The Morgan fingerprint density at radius 1 is 1.05 bits per heavy atom. The van der Waals surface area contributed by atoms with Crippen molar-refractivity contribution < 1.29 is 9.53 Å². The van der Waals surface area contributed by atoms with Crippen molar-refractivity contribution in [1.29, 1.82) is 0 Å². The van der Waals surface area contributed by atoms with Gasteiger partial charge in [-0.3, -0.25) is 0 Å². The van der Waals surface area contributed by atoms with Gasteiger partial charge in [-0.1, -0.05) is 43.7 Å². The quantitative estimate of drug-likeness (QED) is 0.719. The van der Waals surface area contributed by atoms with Gasteiger partial charge < -0.3 is 15.4 Å². The summed E-state index contributed by atoms with van der Waals surface area (Å²) in [6.07, 6.45) is 3.07. The second kappa shape index (κ2) is 9.05. The van der Waals surface area contributed by atoms with Crippen LogP contribution in [0.4, 0.5) is 10.5 Å². The lowest BCUT2D eigenvalue weighted by atomic mass is 10.1. The molecule has 0 aliphatic carbocycles. The smallest absolute Gasteiger partial charge is 0.319 e. The van der Waals surface area contributed by atoms with Crippen LogP contribution in [0.3, 0.4) is 0 Å². The normalized spacial score (nSPS) is 10.6. The van der Waals surface area contributed by atoms with Crippen LogP contribution in [0.15, 0.2) is 42.5 Å². The number of hydrogen-bond donors (Lipinski definition) is 2. The summed E-state index contributed by atoms with van der Waals surface area (Å²) < 4.78 is 5.45. The van der Waals surface area contributed by atoms with E-state index in [1.165, 1.54) is 0 Å². The van der Waals surface area contributed by atoms with E-state index in [9.17, 15) is 4.79 Å². The summed E-state index contributed by atoms with van der Waals surface area (Å²) in [5.41, 5.74) is 0.801. The summed E-state index contributed by atoms with van der Waals surface area (Å²) >= 11 is 0. The van der Waals surface area contributed by atoms with Gasteiger partial charge in [0, 0.05) is 25.4 Å². The molecule has 0 spiro atoms. The first-order valence-corrected chi connectivity index (χ1v) is 7.91. The van der Waals surface area contributed by atoms with Gasteiger partial charge in [-0.2, -0.15) is 0 Å². The van der Waals surface area contributed by atoms with Gasteiger partial charge >= 0.3 is 6.03 Å². The Balaban J connectivity index is 1.69. The fourth-order valence-electron chi connectivity index (χ4n) is 2.17. The minimum atomic E-state index is -0.177. The molecule has 0 unspecified atom stereocenters. The van der Waals surface area contributed by atoms with Crippen LogP contribution >= 0.6 is 0 Å². The van der Waals surface area contributed by atoms with Gasteiger partial charge in [-0.25, -0.2) is 4.79 Å². The minimum Gasteiger partial charge on any atom is -0.381 e. The number of rotatable bonds is 8.